The minimum absolute atomic E-state index is 0.00171. The summed E-state index contributed by atoms with van der Waals surface area (Å²) in [6, 6.07) is 15.9. The number of aromatic hydroxyl groups is 1. The van der Waals surface area contributed by atoms with Crippen LogP contribution >= 0.6 is 0 Å². The molecule has 0 atom stereocenters. The molecular weight excluding hydrogens is 639 g/mol. The van der Waals surface area contributed by atoms with Crippen LogP contribution in [0.1, 0.15) is 0 Å². The summed E-state index contributed by atoms with van der Waals surface area (Å²) >= 11 is 0. The van der Waals surface area contributed by atoms with Crippen LogP contribution in [0, 0.1) is 0 Å². The highest BCUT2D eigenvalue weighted by atomic mass is 32.2. The number of nitrogens with one attached hydrogen (secondary N) is 1. The van der Waals surface area contributed by atoms with Crippen LogP contribution in [0.2, 0.25) is 0 Å². The standard InChI is InChI=1S/C26H18N5O10S3/c27-15-2-1-14-11-24(44(39,40)41)25(26(32)20(14)12-15)31-30-23-10-9-22(19-8-7-18(13-21(19)23)43(36,37)38)29-28-16-3-5-17(6-4-16)42(33,34)35/h1-13,27,32H,(H,33,34,35)(H,36,37,38)(H,39,40,41). The molecule has 1 radical (unpaired) electrons. The van der Waals surface area contributed by atoms with Crippen molar-refractivity contribution in [1.29, 1.82) is 0 Å². The summed E-state index contributed by atoms with van der Waals surface area (Å²) in [6.07, 6.45) is 0. The second-order valence-electron chi connectivity index (χ2n) is 9.14. The molecule has 0 bridgehead atoms. The summed E-state index contributed by atoms with van der Waals surface area (Å²) in [5, 5.41) is 27.3. The molecule has 5 rings (SSSR count). The van der Waals surface area contributed by atoms with Crippen molar-refractivity contribution in [2.75, 3.05) is 0 Å². The van der Waals surface area contributed by atoms with Crippen molar-refractivity contribution in [2.45, 2.75) is 14.7 Å². The maximum Gasteiger partial charge on any atom is 0.296 e. The number of nitrogens with zero attached hydrogens (tertiary/aromatic N) is 4. The molecule has 0 saturated carbocycles. The Morgan fingerprint density at radius 3 is 1.75 bits per heavy atom. The van der Waals surface area contributed by atoms with Crippen LogP contribution in [0.5, 0.6) is 5.75 Å². The van der Waals surface area contributed by atoms with Gasteiger partial charge in [0, 0.05) is 16.2 Å². The van der Waals surface area contributed by atoms with Crippen LogP contribution in [0.25, 0.3) is 21.5 Å². The van der Waals surface area contributed by atoms with E-state index >= 15 is 0 Å². The van der Waals surface area contributed by atoms with Crippen molar-refractivity contribution in [3.8, 4) is 5.75 Å². The lowest BCUT2D eigenvalue weighted by Crippen LogP contribution is -1.99. The van der Waals surface area contributed by atoms with E-state index in [9.17, 15) is 39.5 Å². The summed E-state index contributed by atoms with van der Waals surface area (Å²) in [7, 11) is -14.0. The third-order valence-corrected chi connectivity index (χ3v) is 8.82. The summed E-state index contributed by atoms with van der Waals surface area (Å²) < 4.78 is 99.1. The molecule has 0 unspecified atom stereocenters. The Bertz CT molecular complexity index is 2380. The molecule has 44 heavy (non-hydrogen) atoms. The van der Waals surface area contributed by atoms with Gasteiger partial charge < -0.3 is 10.8 Å². The average Bonchev–Trinajstić information content (AvgIpc) is 2.94. The van der Waals surface area contributed by atoms with Crippen LogP contribution < -0.4 is 5.73 Å². The molecule has 0 aromatic heterocycles. The van der Waals surface area contributed by atoms with Gasteiger partial charge in [-0.15, -0.1) is 15.3 Å². The Balaban J connectivity index is 1.66. The maximum absolute atomic E-state index is 12.1. The highest BCUT2D eigenvalue weighted by Crippen LogP contribution is 2.43. The summed E-state index contributed by atoms with van der Waals surface area (Å²) in [5.41, 5.74) is 7.44. The average molecular weight is 657 g/mol. The van der Waals surface area contributed by atoms with Crippen LogP contribution in [0.3, 0.4) is 0 Å². The lowest BCUT2D eigenvalue weighted by Gasteiger charge is -2.10. The number of benzene rings is 5. The van der Waals surface area contributed by atoms with E-state index in [2.05, 4.69) is 20.5 Å². The lowest BCUT2D eigenvalue weighted by atomic mass is 10.1. The van der Waals surface area contributed by atoms with Gasteiger partial charge in [0.15, 0.2) is 5.75 Å². The zero-order valence-corrected chi connectivity index (χ0v) is 24.2. The van der Waals surface area contributed by atoms with Gasteiger partial charge in [0.05, 0.1) is 32.5 Å². The Morgan fingerprint density at radius 2 is 1.14 bits per heavy atom. The second kappa shape index (κ2) is 11.0. The predicted octanol–water partition coefficient (Wildman–Crippen LogP) is 6.18. The highest BCUT2D eigenvalue weighted by Gasteiger charge is 2.22. The number of phenols is 1. The van der Waals surface area contributed by atoms with Crippen molar-refractivity contribution in [2.24, 2.45) is 20.5 Å². The largest absolute Gasteiger partial charge is 0.505 e. The summed E-state index contributed by atoms with van der Waals surface area (Å²) in [4.78, 5) is -1.66. The van der Waals surface area contributed by atoms with E-state index in [4.69, 9.17) is 10.3 Å². The fraction of sp³-hybridized carbons (Fsp3) is 0. The molecule has 0 aliphatic carbocycles. The fourth-order valence-electron chi connectivity index (χ4n) is 4.17. The lowest BCUT2D eigenvalue weighted by molar-refractivity contribution is 0.472. The summed E-state index contributed by atoms with van der Waals surface area (Å²) in [5.74, 6) is -0.693. The first kappa shape index (κ1) is 30.6. The van der Waals surface area contributed by atoms with Gasteiger partial charge in [0.25, 0.3) is 30.4 Å². The highest BCUT2D eigenvalue weighted by molar-refractivity contribution is 7.86. The van der Waals surface area contributed by atoms with Crippen molar-refractivity contribution in [3.05, 3.63) is 78.9 Å². The molecule has 18 heteroatoms. The molecule has 5 aromatic rings. The van der Waals surface area contributed by atoms with E-state index < -0.39 is 51.6 Å². The molecule has 0 aliphatic heterocycles. The Hall–Kier alpha value is -4.85. The third-order valence-electron chi connectivity index (χ3n) is 6.24. The minimum atomic E-state index is -4.93. The van der Waals surface area contributed by atoms with Gasteiger partial charge in [-0.25, -0.2) is 0 Å². The third kappa shape index (κ3) is 6.25. The number of rotatable bonds is 7. The normalized spacial score (nSPS) is 13.0. The van der Waals surface area contributed by atoms with Crippen molar-refractivity contribution < 1.29 is 44.0 Å². The molecular formula is C26H18N5O10S3. The number of hydrogen-bond acceptors (Lipinski definition) is 11. The van der Waals surface area contributed by atoms with E-state index in [0.717, 1.165) is 30.3 Å². The quantitative estimate of drug-likeness (QED) is 0.114. The van der Waals surface area contributed by atoms with Crippen molar-refractivity contribution >= 4 is 80.3 Å². The zero-order chi connectivity index (χ0) is 32.0. The van der Waals surface area contributed by atoms with Gasteiger partial charge in [-0.1, -0.05) is 12.1 Å². The van der Waals surface area contributed by atoms with Crippen LogP contribution in [0.4, 0.5) is 28.4 Å². The Morgan fingerprint density at radius 1 is 0.545 bits per heavy atom. The number of phenolic OH excluding ortho intramolecular Hbond substituents is 1. The molecule has 0 aliphatic rings. The zero-order valence-electron chi connectivity index (χ0n) is 21.8. The van der Waals surface area contributed by atoms with E-state index in [-0.39, 0.29) is 49.2 Å². The van der Waals surface area contributed by atoms with Gasteiger partial charge in [-0.2, -0.15) is 30.4 Å². The first-order chi connectivity index (χ1) is 20.5. The number of fused-ring (bicyclic) bond motifs is 2. The number of hydrogen-bond donors (Lipinski definition) is 4. The molecule has 0 spiro atoms. The van der Waals surface area contributed by atoms with Gasteiger partial charge >= 0.3 is 0 Å². The fourth-order valence-corrected chi connectivity index (χ4v) is 5.81. The first-order valence-electron chi connectivity index (χ1n) is 12.0. The molecule has 0 heterocycles. The van der Waals surface area contributed by atoms with E-state index in [1.165, 1.54) is 48.5 Å². The van der Waals surface area contributed by atoms with Gasteiger partial charge in [0.2, 0.25) is 0 Å². The second-order valence-corrected chi connectivity index (χ2v) is 13.4. The molecule has 15 nitrogen and oxygen atoms in total. The smallest absolute Gasteiger partial charge is 0.296 e. The number of azo groups is 2. The van der Waals surface area contributed by atoms with E-state index in [1.54, 1.807) is 0 Å². The molecule has 225 valence electrons. The monoisotopic (exact) mass is 656 g/mol. The molecule has 0 fully saturated rings. The Kier molecular flexibility index (Phi) is 7.66. The SMILES string of the molecule is [NH]c1ccc2cc(S(=O)(=O)O)c(N=Nc3ccc(N=Nc4ccc(S(=O)(=O)O)cc4)c4ccc(S(=O)(=O)O)cc34)c(O)c2c1. The maximum atomic E-state index is 12.1. The molecule has 5 N–H and O–H groups in total. The van der Waals surface area contributed by atoms with Crippen LogP contribution in [-0.4, -0.2) is 44.0 Å². The topological polar surface area (TPSA) is 257 Å². The molecule has 5 aromatic carbocycles. The van der Waals surface area contributed by atoms with E-state index in [1.807, 2.05) is 0 Å². The predicted molar refractivity (Wildman–Crippen MR) is 157 cm³/mol. The van der Waals surface area contributed by atoms with Crippen LogP contribution in [0.15, 0.2) is 114 Å². The summed E-state index contributed by atoms with van der Waals surface area (Å²) in [6.45, 7) is 0. The van der Waals surface area contributed by atoms with Crippen molar-refractivity contribution in [3.63, 3.8) is 0 Å². The van der Waals surface area contributed by atoms with Gasteiger partial charge in [-0.05, 0) is 72.1 Å². The van der Waals surface area contributed by atoms with E-state index in [0.29, 0.717) is 0 Å². The van der Waals surface area contributed by atoms with Gasteiger partial charge in [0.1, 0.15) is 10.6 Å². The van der Waals surface area contributed by atoms with Gasteiger partial charge in [-0.3, -0.25) is 13.7 Å². The first-order valence-corrected chi connectivity index (χ1v) is 16.3. The van der Waals surface area contributed by atoms with Crippen LogP contribution in [-0.2, 0) is 30.4 Å². The Labute approximate surface area is 249 Å². The molecule has 0 saturated heterocycles. The van der Waals surface area contributed by atoms with Crippen molar-refractivity contribution in [1.82, 2.24) is 5.73 Å². The minimum Gasteiger partial charge on any atom is -0.505 e. The molecule has 0 amide bonds.